The highest BCUT2D eigenvalue weighted by atomic mass is 16.2. The molecule has 5 nitrogen and oxygen atoms in total. The molecular formula is C14H25N3O2. The standard InChI is InChI=1S/C14H25N3O2/c1-2-3-13(18)16-10-14(19)17-6-4-11-8-15-9-12(11)5-7-17/h11-12,15H,2-10H2,1H3,(H,16,18)/t11-,12+. The summed E-state index contributed by atoms with van der Waals surface area (Å²) in [6.07, 6.45) is 3.50. The molecule has 0 bridgehead atoms. The third-order valence-corrected chi connectivity index (χ3v) is 4.29. The summed E-state index contributed by atoms with van der Waals surface area (Å²) in [6.45, 7) is 5.99. The minimum Gasteiger partial charge on any atom is -0.347 e. The summed E-state index contributed by atoms with van der Waals surface area (Å²) in [4.78, 5) is 25.4. The number of likely N-dealkylation sites (tertiary alicyclic amines) is 1. The van der Waals surface area contributed by atoms with Gasteiger partial charge in [-0.2, -0.15) is 0 Å². The van der Waals surface area contributed by atoms with E-state index in [-0.39, 0.29) is 18.4 Å². The van der Waals surface area contributed by atoms with Crippen LogP contribution in [0.1, 0.15) is 32.6 Å². The summed E-state index contributed by atoms with van der Waals surface area (Å²) in [5.41, 5.74) is 0. The van der Waals surface area contributed by atoms with E-state index in [4.69, 9.17) is 0 Å². The summed E-state index contributed by atoms with van der Waals surface area (Å²) in [5, 5.41) is 6.14. The van der Waals surface area contributed by atoms with Gasteiger partial charge in [0.25, 0.3) is 0 Å². The van der Waals surface area contributed by atoms with E-state index < -0.39 is 0 Å². The average molecular weight is 267 g/mol. The number of carbonyl (C=O) groups is 2. The minimum atomic E-state index is -0.0215. The highest BCUT2D eigenvalue weighted by molar-refractivity contribution is 5.84. The maximum atomic E-state index is 12.1. The van der Waals surface area contributed by atoms with Crippen LogP contribution in [0.15, 0.2) is 0 Å². The molecule has 0 aromatic heterocycles. The van der Waals surface area contributed by atoms with Gasteiger partial charge in [-0.05, 0) is 44.2 Å². The summed E-state index contributed by atoms with van der Waals surface area (Å²) < 4.78 is 0. The summed E-state index contributed by atoms with van der Waals surface area (Å²) in [6, 6.07) is 0. The molecule has 0 spiro atoms. The Kier molecular flexibility index (Phi) is 5.19. The molecule has 2 fully saturated rings. The fourth-order valence-corrected chi connectivity index (χ4v) is 3.07. The monoisotopic (exact) mass is 267 g/mol. The van der Waals surface area contributed by atoms with Crippen LogP contribution in [0.3, 0.4) is 0 Å². The number of fused-ring (bicyclic) bond motifs is 1. The molecule has 19 heavy (non-hydrogen) atoms. The van der Waals surface area contributed by atoms with Crippen LogP contribution in [-0.4, -0.2) is 49.4 Å². The Morgan fingerprint density at radius 3 is 2.42 bits per heavy atom. The number of amides is 2. The van der Waals surface area contributed by atoms with Crippen LogP contribution in [-0.2, 0) is 9.59 Å². The Bertz CT molecular complexity index is 319. The molecule has 0 radical (unpaired) electrons. The molecule has 0 unspecified atom stereocenters. The van der Waals surface area contributed by atoms with Crippen molar-refractivity contribution < 1.29 is 9.59 Å². The predicted octanol–water partition coefficient (Wildman–Crippen LogP) is 0.361. The van der Waals surface area contributed by atoms with Gasteiger partial charge in [0.15, 0.2) is 0 Å². The number of nitrogens with one attached hydrogen (secondary N) is 2. The van der Waals surface area contributed by atoms with Gasteiger partial charge in [-0.3, -0.25) is 9.59 Å². The van der Waals surface area contributed by atoms with Crippen molar-refractivity contribution in [1.29, 1.82) is 0 Å². The lowest BCUT2D eigenvalue weighted by Crippen LogP contribution is -2.40. The van der Waals surface area contributed by atoms with Crippen LogP contribution in [0, 0.1) is 11.8 Å². The predicted molar refractivity (Wildman–Crippen MR) is 73.6 cm³/mol. The first-order valence-corrected chi connectivity index (χ1v) is 7.46. The highest BCUT2D eigenvalue weighted by Crippen LogP contribution is 2.26. The van der Waals surface area contributed by atoms with E-state index in [0.29, 0.717) is 6.42 Å². The van der Waals surface area contributed by atoms with Crippen molar-refractivity contribution in [2.75, 3.05) is 32.7 Å². The smallest absolute Gasteiger partial charge is 0.241 e. The SMILES string of the molecule is CCCC(=O)NCC(=O)N1CC[C@@H]2CNC[C@@H]2CC1. The number of rotatable bonds is 4. The lowest BCUT2D eigenvalue weighted by molar-refractivity contribution is -0.132. The summed E-state index contributed by atoms with van der Waals surface area (Å²) in [5.74, 6) is 1.50. The van der Waals surface area contributed by atoms with Crippen LogP contribution >= 0.6 is 0 Å². The van der Waals surface area contributed by atoms with Gasteiger partial charge < -0.3 is 15.5 Å². The van der Waals surface area contributed by atoms with Gasteiger partial charge >= 0.3 is 0 Å². The van der Waals surface area contributed by atoms with Gasteiger partial charge in [0.1, 0.15) is 0 Å². The maximum absolute atomic E-state index is 12.1. The van der Waals surface area contributed by atoms with E-state index in [1.165, 1.54) is 0 Å². The third-order valence-electron chi connectivity index (χ3n) is 4.29. The first-order chi connectivity index (χ1) is 9.20. The topological polar surface area (TPSA) is 61.4 Å². The quantitative estimate of drug-likeness (QED) is 0.773. The third kappa shape index (κ3) is 3.93. The van der Waals surface area contributed by atoms with Crippen LogP contribution in [0.25, 0.3) is 0 Å². The fourth-order valence-electron chi connectivity index (χ4n) is 3.07. The van der Waals surface area contributed by atoms with Crippen molar-refractivity contribution in [2.45, 2.75) is 32.6 Å². The molecule has 2 rings (SSSR count). The van der Waals surface area contributed by atoms with Gasteiger partial charge in [0.2, 0.25) is 11.8 Å². The van der Waals surface area contributed by atoms with Crippen molar-refractivity contribution in [1.82, 2.24) is 15.5 Å². The molecule has 2 N–H and O–H groups in total. The van der Waals surface area contributed by atoms with E-state index in [2.05, 4.69) is 10.6 Å². The molecule has 108 valence electrons. The van der Waals surface area contributed by atoms with Gasteiger partial charge in [0.05, 0.1) is 6.54 Å². The molecule has 2 saturated heterocycles. The second-order valence-electron chi connectivity index (χ2n) is 5.66. The molecule has 0 aromatic rings. The van der Waals surface area contributed by atoms with E-state index in [1.807, 2.05) is 11.8 Å². The zero-order chi connectivity index (χ0) is 13.7. The second kappa shape index (κ2) is 6.89. The fraction of sp³-hybridized carbons (Fsp3) is 0.857. The zero-order valence-electron chi connectivity index (χ0n) is 11.8. The lowest BCUT2D eigenvalue weighted by Gasteiger charge is -2.21. The Morgan fingerprint density at radius 1 is 1.21 bits per heavy atom. The maximum Gasteiger partial charge on any atom is 0.241 e. The van der Waals surface area contributed by atoms with Gasteiger partial charge in [-0.15, -0.1) is 0 Å². The average Bonchev–Trinajstić information content (AvgIpc) is 2.75. The molecule has 0 saturated carbocycles. The van der Waals surface area contributed by atoms with Crippen molar-refractivity contribution in [3.8, 4) is 0 Å². The van der Waals surface area contributed by atoms with E-state index >= 15 is 0 Å². The van der Waals surface area contributed by atoms with Crippen molar-refractivity contribution >= 4 is 11.8 Å². The van der Waals surface area contributed by atoms with Crippen LogP contribution in [0.2, 0.25) is 0 Å². The molecule has 2 amide bonds. The molecule has 0 aromatic carbocycles. The largest absolute Gasteiger partial charge is 0.347 e. The van der Waals surface area contributed by atoms with E-state index in [9.17, 15) is 9.59 Å². The van der Waals surface area contributed by atoms with Crippen LogP contribution in [0.5, 0.6) is 0 Å². The Morgan fingerprint density at radius 2 is 1.84 bits per heavy atom. The molecule has 2 aliphatic heterocycles. The molecule has 2 atom stereocenters. The number of carbonyl (C=O) groups excluding carboxylic acids is 2. The second-order valence-corrected chi connectivity index (χ2v) is 5.66. The Labute approximate surface area is 115 Å². The summed E-state index contributed by atoms with van der Waals surface area (Å²) in [7, 11) is 0. The van der Waals surface area contributed by atoms with Crippen molar-refractivity contribution in [2.24, 2.45) is 11.8 Å². The minimum absolute atomic E-state index is 0.0215. The number of hydrogen-bond donors (Lipinski definition) is 2. The Balaban J connectivity index is 1.75. The van der Waals surface area contributed by atoms with E-state index in [1.54, 1.807) is 0 Å². The lowest BCUT2D eigenvalue weighted by atomic mass is 9.92. The van der Waals surface area contributed by atoms with Crippen molar-refractivity contribution in [3.05, 3.63) is 0 Å². The van der Waals surface area contributed by atoms with Crippen LogP contribution < -0.4 is 10.6 Å². The number of hydrogen-bond acceptors (Lipinski definition) is 3. The normalized spacial score (nSPS) is 26.7. The first kappa shape index (κ1) is 14.3. The molecule has 0 aliphatic carbocycles. The van der Waals surface area contributed by atoms with Crippen LogP contribution in [0.4, 0.5) is 0 Å². The van der Waals surface area contributed by atoms with Crippen molar-refractivity contribution in [3.63, 3.8) is 0 Å². The highest BCUT2D eigenvalue weighted by Gasteiger charge is 2.31. The molecule has 5 heteroatoms. The number of nitrogens with zero attached hydrogens (tertiary/aromatic N) is 1. The van der Waals surface area contributed by atoms with Gasteiger partial charge in [-0.25, -0.2) is 0 Å². The molecule has 2 aliphatic rings. The van der Waals surface area contributed by atoms with Gasteiger partial charge in [0, 0.05) is 19.5 Å². The van der Waals surface area contributed by atoms with Gasteiger partial charge in [-0.1, -0.05) is 6.92 Å². The molecular weight excluding hydrogens is 242 g/mol. The first-order valence-electron chi connectivity index (χ1n) is 7.46. The molecule has 2 heterocycles. The summed E-state index contributed by atoms with van der Waals surface area (Å²) >= 11 is 0. The Hall–Kier alpha value is -1.10. The zero-order valence-corrected chi connectivity index (χ0v) is 11.8. The van der Waals surface area contributed by atoms with E-state index in [0.717, 1.165) is 57.3 Å².